The molecule has 2 aromatic rings. The van der Waals surface area contributed by atoms with Crippen LogP contribution in [0.2, 0.25) is 0 Å². The number of nitrogens with one attached hydrogen (secondary N) is 1. The van der Waals surface area contributed by atoms with E-state index in [1.54, 1.807) is 6.33 Å². The first-order chi connectivity index (χ1) is 9.67. The van der Waals surface area contributed by atoms with Gasteiger partial charge >= 0.3 is 0 Å². The Morgan fingerprint density at radius 3 is 2.85 bits per heavy atom. The van der Waals surface area contributed by atoms with Gasteiger partial charge in [0, 0.05) is 13.2 Å². The number of fused-ring (bicyclic) bond motifs is 1. The van der Waals surface area contributed by atoms with Crippen molar-refractivity contribution < 1.29 is 5.11 Å². The molecule has 2 atom stereocenters. The molecule has 0 saturated carbocycles. The van der Waals surface area contributed by atoms with Crippen molar-refractivity contribution in [3.8, 4) is 0 Å². The van der Waals surface area contributed by atoms with Crippen LogP contribution in [0.25, 0.3) is 11.2 Å². The van der Waals surface area contributed by atoms with Crippen LogP contribution in [0.15, 0.2) is 23.3 Å². The molecular formula is C13H17N5O2. The molecule has 4 N–H and O–H groups in total. The third-order valence-corrected chi connectivity index (χ3v) is 3.72. The van der Waals surface area contributed by atoms with E-state index in [0.717, 1.165) is 12.8 Å². The minimum Gasteiger partial charge on any atom is -0.396 e. The van der Waals surface area contributed by atoms with Crippen LogP contribution in [0.4, 0.5) is 5.95 Å². The van der Waals surface area contributed by atoms with Gasteiger partial charge in [0.1, 0.15) is 0 Å². The predicted molar refractivity (Wildman–Crippen MR) is 75.0 cm³/mol. The fraction of sp³-hybridized carbons (Fsp3) is 0.462. The van der Waals surface area contributed by atoms with E-state index in [9.17, 15) is 4.79 Å². The number of aliphatic hydroxyl groups excluding tert-OH is 1. The Bertz CT molecular complexity index is 702. The molecule has 0 saturated heterocycles. The summed E-state index contributed by atoms with van der Waals surface area (Å²) < 4.78 is 1.86. The van der Waals surface area contributed by atoms with Crippen LogP contribution in [-0.2, 0) is 6.54 Å². The number of aromatic amines is 1. The highest BCUT2D eigenvalue weighted by molar-refractivity contribution is 5.70. The molecular weight excluding hydrogens is 258 g/mol. The second-order valence-electron chi connectivity index (χ2n) is 5.19. The number of allylic oxidation sites excluding steroid dienone is 1. The number of nitrogens with two attached hydrogens (primary N) is 1. The van der Waals surface area contributed by atoms with Crippen LogP contribution < -0.4 is 11.3 Å². The maximum absolute atomic E-state index is 11.7. The Hall–Kier alpha value is -2.15. The third kappa shape index (κ3) is 2.32. The Morgan fingerprint density at radius 2 is 2.15 bits per heavy atom. The molecule has 0 spiro atoms. The van der Waals surface area contributed by atoms with Gasteiger partial charge in [0.25, 0.3) is 5.56 Å². The largest absolute Gasteiger partial charge is 0.396 e. The number of aromatic nitrogens is 4. The second kappa shape index (κ2) is 5.09. The molecule has 7 nitrogen and oxygen atoms in total. The summed E-state index contributed by atoms with van der Waals surface area (Å²) in [6.45, 7) is 0.908. The van der Waals surface area contributed by atoms with Gasteiger partial charge in [0.2, 0.25) is 5.95 Å². The van der Waals surface area contributed by atoms with Gasteiger partial charge in [-0.25, -0.2) is 4.98 Å². The Labute approximate surface area is 115 Å². The van der Waals surface area contributed by atoms with Gasteiger partial charge in [-0.3, -0.25) is 9.78 Å². The topological polar surface area (TPSA) is 110 Å². The molecule has 0 amide bonds. The lowest BCUT2D eigenvalue weighted by Gasteiger charge is -2.21. The summed E-state index contributed by atoms with van der Waals surface area (Å²) in [4.78, 5) is 22.4. The minimum atomic E-state index is -0.314. The van der Waals surface area contributed by atoms with Gasteiger partial charge in [-0.1, -0.05) is 12.2 Å². The number of nitrogens with zero attached hydrogens (tertiary/aromatic N) is 3. The van der Waals surface area contributed by atoms with Crippen LogP contribution in [-0.4, -0.2) is 31.2 Å². The fourth-order valence-electron chi connectivity index (χ4n) is 2.60. The van der Waals surface area contributed by atoms with Crippen LogP contribution >= 0.6 is 0 Å². The number of rotatable bonds is 3. The van der Waals surface area contributed by atoms with Gasteiger partial charge in [0.15, 0.2) is 11.2 Å². The van der Waals surface area contributed by atoms with Crippen molar-refractivity contribution in [2.75, 3.05) is 12.3 Å². The zero-order chi connectivity index (χ0) is 14.1. The number of H-pyrrole nitrogens is 1. The summed E-state index contributed by atoms with van der Waals surface area (Å²) in [5.41, 5.74) is 6.09. The van der Waals surface area contributed by atoms with E-state index in [2.05, 4.69) is 27.1 Å². The molecule has 106 valence electrons. The maximum Gasteiger partial charge on any atom is 0.280 e. The van der Waals surface area contributed by atoms with Crippen molar-refractivity contribution in [3.05, 3.63) is 28.8 Å². The second-order valence-corrected chi connectivity index (χ2v) is 5.19. The highest BCUT2D eigenvalue weighted by atomic mass is 16.3. The van der Waals surface area contributed by atoms with Crippen molar-refractivity contribution in [1.82, 2.24) is 19.5 Å². The molecule has 2 aromatic heterocycles. The number of nitrogen functional groups attached to an aromatic ring is 1. The predicted octanol–water partition coefficient (Wildman–Crippen LogP) is 0.276. The van der Waals surface area contributed by atoms with Crippen molar-refractivity contribution >= 4 is 17.1 Å². The molecule has 7 heteroatoms. The monoisotopic (exact) mass is 275 g/mol. The first-order valence-electron chi connectivity index (χ1n) is 6.67. The lowest BCUT2D eigenvalue weighted by Crippen LogP contribution is -2.17. The molecule has 0 radical (unpaired) electrons. The van der Waals surface area contributed by atoms with Crippen LogP contribution in [0, 0.1) is 11.8 Å². The average molecular weight is 275 g/mol. The zero-order valence-corrected chi connectivity index (χ0v) is 11.0. The van der Waals surface area contributed by atoms with E-state index in [1.165, 1.54) is 0 Å². The third-order valence-electron chi connectivity index (χ3n) is 3.72. The molecule has 0 unspecified atom stereocenters. The molecule has 0 aromatic carbocycles. The molecule has 1 aliphatic rings. The average Bonchev–Trinajstić information content (AvgIpc) is 2.83. The number of imidazole rings is 1. The maximum atomic E-state index is 11.7. The smallest absolute Gasteiger partial charge is 0.280 e. The highest BCUT2D eigenvalue weighted by Crippen LogP contribution is 2.24. The Morgan fingerprint density at radius 1 is 1.40 bits per heavy atom. The Kier molecular flexibility index (Phi) is 3.27. The van der Waals surface area contributed by atoms with Crippen molar-refractivity contribution in [2.45, 2.75) is 19.4 Å². The van der Waals surface area contributed by atoms with Crippen LogP contribution in [0.5, 0.6) is 0 Å². The first kappa shape index (κ1) is 12.9. The Balaban J connectivity index is 1.87. The highest BCUT2D eigenvalue weighted by Gasteiger charge is 2.17. The van der Waals surface area contributed by atoms with E-state index in [0.29, 0.717) is 23.6 Å². The standard InChI is InChI=1S/C13H17N5O2/c14-13-16-11-10(12(20)17-13)15-7-18(11)5-8-1-3-9(6-19)4-2-8/h1,3,7-9,19H,2,4-6H2,(H3,14,16,17,20)/t8-,9+/m0/s1. The first-order valence-corrected chi connectivity index (χ1v) is 6.67. The number of anilines is 1. The van der Waals surface area contributed by atoms with E-state index < -0.39 is 0 Å². The van der Waals surface area contributed by atoms with Crippen molar-refractivity contribution in [1.29, 1.82) is 0 Å². The lowest BCUT2D eigenvalue weighted by molar-refractivity contribution is 0.232. The molecule has 0 bridgehead atoms. The van der Waals surface area contributed by atoms with E-state index in [4.69, 9.17) is 10.8 Å². The molecule has 20 heavy (non-hydrogen) atoms. The van der Waals surface area contributed by atoms with Crippen LogP contribution in [0.1, 0.15) is 12.8 Å². The number of hydrogen-bond donors (Lipinski definition) is 3. The van der Waals surface area contributed by atoms with Crippen molar-refractivity contribution in [2.24, 2.45) is 11.8 Å². The summed E-state index contributed by atoms with van der Waals surface area (Å²) in [6.07, 6.45) is 7.77. The summed E-state index contributed by atoms with van der Waals surface area (Å²) in [5.74, 6) is 0.726. The van der Waals surface area contributed by atoms with Gasteiger partial charge in [-0.05, 0) is 24.7 Å². The number of hydrogen-bond acceptors (Lipinski definition) is 5. The molecule has 0 fully saturated rings. The molecule has 0 aliphatic heterocycles. The van der Waals surface area contributed by atoms with Gasteiger partial charge < -0.3 is 15.4 Å². The van der Waals surface area contributed by atoms with Crippen LogP contribution in [0.3, 0.4) is 0 Å². The minimum absolute atomic E-state index is 0.101. The van der Waals surface area contributed by atoms with E-state index in [-0.39, 0.29) is 24.0 Å². The SMILES string of the molecule is Nc1nc2c(ncn2C[C@H]2C=C[C@@H](CO)CC2)c(=O)[nH]1. The van der Waals surface area contributed by atoms with E-state index in [1.807, 2.05) is 4.57 Å². The lowest BCUT2D eigenvalue weighted by atomic mass is 9.89. The molecule has 1 aliphatic carbocycles. The summed E-state index contributed by atoms with van der Waals surface area (Å²) >= 11 is 0. The van der Waals surface area contributed by atoms with Gasteiger partial charge in [-0.2, -0.15) is 4.98 Å². The number of aliphatic hydroxyl groups is 1. The zero-order valence-electron chi connectivity index (χ0n) is 11.0. The normalized spacial score (nSPS) is 22.4. The fourth-order valence-corrected chi connectivity index (χ4v) is 2.60. The van der Waals surface area contributed by atoms with Gasteiger partial charge in [0.05, 0.1) is 6.33 Å². The van der Waals surface area contributed by atoms with E-state index >= 15 is 0 Å². The quantitative estimate of drug-likeness (QED) is 0.697. The summed E-state index contributed by atoms with van der Waals surface area (Å²) in [5, 5.41) is 9.11. The molecule has 2 heterocycles. The summed E-state index contributed by atoms with van der Waals surface area (Å²) in [6, 6.07) is 0. The molecule has 3 rings (SSSR count). The van der Waals surface area contributed by atoms with Crippen molar-refractivity contribution in [3.63, 3.8) is 0 Å². The van der Waals surface area contributed by atoms with Gasteiger partial charge in [-0.15, -0.1) is 0 Å². The summed E-state index contributed by atoms with van der Waals surface area (Å²) in [7, 11) is 0.